The van der Waals surface area contributed by atoms with Crippen molar-refractivity contribution in [2.75, 3.05) is 18.9 Å². The number of rotatable bonds is 5. The van der Waals surface area contributed by atoms with Crippen LogP contribution < -0.4 is 5.32 Å². The van der Waals surface area contributed by atoms with E-state index in [0.29, 0.717) is 18.9 Å². The normalized spacial score (nSPS) is 11.1. The summed E-state index contributed by atoms with van der Waals surface area (Å²) in [5, 5.41) is 7.04. The van der Waals surface area contributed by atoms with E-state index in [2.05, 4.69) is 10.4 Å². The molecule has 20 heavy (non-hydrogen) atoms. The highest BCUT2D eigenvalue weighted by atomic mass is 35.5. The Morgan fingerprint density at radius 3 is 2.85 bits per heavy atom. The number of hydrogen-bond donors (Lipinski definition) is 1. The highest BCUT2D eigenvalue weighted by Crippen LogP contribution is 2.22. The molecule has 0 saturated heterocycles. The summed E-state index contributed by atoms with van der Waals surface area (Å²) in [5.74, 6) is 0.651. The molecule has 0 atom stereocenters. The first-order valence-corrected chi connectivity index (χ1v) is 7.37. The first kappa shape index (κ1) is 15.0. The van der Waals surface area contributed by atoms with Gasteiger partial charge in [0.05, 0.1) is 16.6 Å². The Bertz CT molecular complexity index is 607. The lowest BCUT2D eigenvalue weighted by Crippen LogP contribution is -2.30. The van der Waals surface area contributed by atoms with Crippen LogP contribution in [0.2, 0.25) is 4.34 Å². The molecule has 1 N–H and O–H groups in total. The summed E-state index contributed by atoms with van der Waals surface area (Å²) < 4.78 is 2.43. The van der Waals surface area contributed by atoms with E-state index in [1.807, 2.05) is 37.1 Å². The molecule has 0 aliphatic rings. The van der Waals surface area contributed by atoms with Crippen LogP contribution in [0.4, 0.5) is 5.82 Å². The lowest BCUT2D eigenvalue weighted by Gasteiger charge is -2.15. The molecular weight excluding hydrogens is 296 g/mol. The van der Waals surface area contributed by atoms with Gasteiger partial charge in [-0.25, -0.2) is 0 Å². The summed E-state index contributed by atoms with van der Waals surface area (Å²) in [6.45, 7) is 2.91. The van der Waals surface area contributed by atoms with Crippen molar-refractivity contribution >= 4 is 34.7 Å². The number of carbonyl (C=O) groups is 1. The maximum Gasteiger partial charge on any atom is 0.239 e. The molecule has 0 aromatic carbocycles. The largest absolute Gasteiger partial charge is 0.310 e. The van der Waals surface area contributed by atoms with Crippen LogP contribution >= 0.6 is 22.9 Å². The topological polar surface area (TPSA) is 50.2 Å². The minimum atomic E-state index is -0.0573. The molecule has 0 spiro atoms. The number of likely N-dealkylation sites (N-methyl/N-ethyl adjacent to an activating group) is 1. The third-order valence-corrected chi connectivity index (χ3v) is 3.95. The van der Waals surface area contributed by atoms with E-state index in [-0.39, 0.29) is 5.91 Å². The maximum atomic E-state index is 12.0. The fraction of sp³-hybridized carbons (Fsp3) is 0.385. The van der Waals surface area contributed by atoms with Crippen LogP contribution in [0, 0.1) is 6.92 Å². The third-order valence-electron chi connectivity index (χ3n) is 2.74. The first-order valence-electron chi connectivity index (χ1n) is 6.17. The van der Waals surface area contributed by atoms with Gasteiger partial charge in [0.25, 0.3) is 0 Å². The Kier molecular flexibility index (Phi) is 4.80. The Morgan fingerprint density at radius 1 is 1.55 bits per heavy atom. The molecule has 0 saturated carbocycles. The fourth-order valence-corrected chi connectivity index (χ4v) is 3.08. The van der Waals surface area contributed by atoms with E-state index in [1.54, 1.807) is 11.7 Å². The Morgan fingerprint density at radius 2 is 2.30 bits per heavy atom. The van der Waals surface area contributed by atoms with Crippen LogP contribution in [0.3, 0.4) is 0 Å². The van der Waals surface area contributed by atoms with Crippen LogP contribution in [-0.2, 0) is 18.4 Å². The van der Waals surface area contributed by atoms with E-state index in [4.69, 9.17) is 11.6 Å². The summed E-state index contributed by atoms with van der Waals surface area (Å²) in [5.41, 5.74) is 0.879. The molecule has 1 amide bonds. The molecule has 0 radical (unpaired) electrons. The van der Waals surface area contributed by atoms with E-state index < -0.39 is 0 Å². The molecule has 2 heterocycles. The molecule has 2 aromatic heterocycles. The number of anilines is 1. The van der Waals surface area contributed by atoms with Crippen molar-refractivity contribution in [1.29, 1.82) is 0 Å². The lowest BCUT2D eigenvalue weighted by atomic mass is 10.4. The minimum Gasteiger partial charge on any atom is -0.310 e. The van der Waals surface area contributed by atoms with Gasteiger partial charge in [-0.2, -0.15) is 5.10 Å². The second kappa shape index (κ2) is 6.39. The van der Waals surface area contributed by atoms with Gasteiger partial charge < -0.3 is 5.32 Å². The summed E-state index contributed by atoms with van der Waals surface area (Å²) in [7, 11) is 3.71. The van der Waals surface area contributed by atoms with Crippen LogP contribution in [0.1, 0.15) is 10.6 Å². The second-order valence-corrected chi connectivity index (χ2v) is 6.52. The predicted octanol–water partition coefficient (Wildman–Crippen LogP) is 2.51. The average molecular weight is 313 g/mol. The standard InChI is InChI=1S/C13H17ClN4OS/c1-9-6-12(18(3)16-9)15-13(19)8-17(2)7-10-4-5-11(14)20-10/h4-6H,7-8H2,1-3H3,(H,15,19). The van der Waals surface area contributed by atoms with Gasteiger partial charge in [-0.05, 0) is 26.1 Å². The van der Waals surface area contributed by atoms with Crippen molar-refractivity contribution in [1.82, 2.24) is 14.7 Å². The summed E-state index contributed by atoms with van der Waals surface area (Å²) in [6, 6.07) is 5.69. The molecular formula is C13H17ClN4OS. The molecule has 5 nitrogen and oxygen atoms in total. The fourth-order valence-electron chi connectivity index (χ4n) is 1.91. The molecule has 7 heteroatoms. The van der Waals surface area contributed by atoms with Gasteiger partial charge in [0, 0.05) is 24.5 Å². The van der Waals surface area contributed by atoms with E-state index in [1.165, 1.54) is 11.3 Å². The number of thiophene rings is 1. The van der Waals surface area contributed by atoms with Gasteiger partial charge >= 0.3 is 0 Å². The van der Waals surface area contributed by atoms with Crippen molar-refractivity contribution in [3.8, 4) is 0 Å². The van der Waals surface area contributed by atoms with Crippen LogP contribution in [0.5, 0.6) is 0 Å². The van der Waals surface area contributed by atoms with Crippen molar-refractivity contribution in [3.05, 3.63) is 33.1 Å². The zero-order chi connectivity index (χ0) is 14.7. The number of halogens is 1. The van der Waals surface area contributed by atoms with Crippen molar-refractivity contribution in [2.45, 2.75) is 13.5 Å². The van der Waals surface area contributed by atoms with E-state index in [0.717, 1.165) is 14.9 Å². The van der Waals surface area contributed by atoms with Crippen LogP contribution in [-0.4, -0.2) is 34.2 Å². The smallest absolute Gasteiger partial charge is 0.239 e. The molecule has 2 rings (SSSR count). The zero-order valence-corrected chi connectivity index (χ0v) is 13.3. The van der Waals surface area contributed by atoms with Crippen molar-refractivity contribution in [3.63, 3.8) is 0 Å². The molecule has 108 valence electrons. The van der Waals surface area contributed by atoms with Gasteiger partial charge in [-0.1, -0.05) is 11.6 Å². The van der Waals surface area contributed by atoms with Gasteiger partial charge in [-0.15, -0.1) is 11.3 Å². The monoisotopic (exact) mass is 312 g/mol. The molecule has 0 bridgehead atoms. The maximum absolute atomic E-state index is 12.0. The molecule has 2 aromatic rings. The van der Waals surface area contributed by atoms with Crippen molar-refractivity contribution < 1.29 is 4.79 Å². The van der Waals surface area contributed by atoms with Crippen molar-refractivity contribution in [2.24, 2.45) is 7.05 Å². The first-order chi connectivity index (χ1) is 9.44. The van der Waals surface area contributed by atoms with Gasteiger partial charge in [0.15, 0.2) is 0 Å². The molecule has 0 aliphatic heterocycles. The number of amides is 1. The van der Waals surface area contributed by atoms with Gasteiger partial charge in [-0.3, -0.25) is 14.4 Å². The minimum absolute atomic E-state index is 0.0573. The number of aromatic nitrogens is 2. The van der Waals surface area contributed by atoms with Gasteiger partial charge in [0.2, 0.25) is 5.91 Å². The zero-order valence-electron chi connectivity index (χ0n) is 11.7. The second-order valence-electron chi connectivity index (χ2n) is 4.72. The third kappa shape index (κ3) is 4.06. The van der Waals surface area contributed by atoms with E-state index in [9.17, 15) is 4.79 Å². The SMILES string of the molecule is Cc1cc(NC(=O)CN(C)Cc2ccc(Cl)s2)n(C)n1. The highest BCUT2D eigenvalue weighted by molar-refractivity contribution is 7.16. The number of nitrogens with one attached hydrogen (secondary N) is 1. The quantitative estimate of drug-likeness (QED) is 0.923. The molecule has 0 unspecified atom stereocenters. The van der Waals surface area contributed by atoms with E-state index >= 15 is 0 Å². The number of carbonyl (C=O) groups excluding carboxylic acids is 1. The molecule has 0 aliphatic carbocycles. The average Bonchev–Trinajstić information content (AvgIpc) is 2.85. The number of nitrogens with zero attached hydrogens (tertiary/aromatic N) is 3. The summed E-state index contributed by atoms with van der Waals surface area (Å²) in [6.07, 6.45) is 0. The Hall–Kier alpha value is -1.37. The number of hydrogen-bond acceptors (Lipinski definition) is 4. The Balaban J connectivity index is 1.86. The van der Waals surface area contributed by atoms with Crippen LogP contribution in [0.15, 0.2) is 18.2 Å². The summed E-state index contributed by atoms with van der Waals surface area (Å²) >= 11 is 7.42. The molecule has 0 fully saturated rings. The summed E-state index contributed by atoms with van der Waals surface area (Å²) in [4.78, 5) is 15.0. The van der Waals surface area contributed by atoms with Crippen LogP contribution in [0.25, 0.3) is 0 Å². The lowest BCUT2D eigenvalue weighted by molar-refractivity contribution is -0.117. The Labute approximate surface area is 127 Å². The highest BCUT2D eigenvalue weighted by Gasteiger charge is 2.11. The predicted molar refractivity (Wildman–Crippen MR) is 82.2 cm³/mol. The van der Waals surface area contributed by atoms with Gasteiger partial charge in [0.1, 0.15) is 5.82 Å². The number of aryl methyl sites for hydroxylation is 2.